The third-order valence-electron chi connectivity index (χ3n) is 3.39. The second-order valence-electron chi connectivity index (χ2n) is 5.22. The van der Waals surface area contributed by atoms with Gasteiger partial charge in [-0.25, -0.2) is 0 Å². The van der Waals surface area contributed by atoms with E-state index in [4.69, 9.17) is 25.8 Å². The van der Waals surface area contributed by atoms with Gasteiger partial charge in [0, 0.05) is 11.4 Å². The Hall–Kier alpha value is -2.40. The molecule has 0 fully saturated rings. The predicted octanol–water partition coefficient (Wildman–Crippen LogP) is 4.55. The number of hydrogen-bond donors (Lipinski definition) is 1. The van der Waals surface area contributed by atoms with E-state index < -0.39 is 0 Å². The molecule has 0 radical (unpaired) electrons. The number of rotatable bonds is 9. The fraction of sp³-hybridized carbons (Fsp3) is 0.316. The summed E-state index contributed by atoms with van der Waals surface area (Å²) in [5.41, 5.74) is 0.558. The summed E-state index contributed by atoms with van der Waals surface area (Å²) in [6.07, 6.45) is 0.904. The quantitative estimate of drug-likeness (QED) is 0.664. The number of benzene rings is 2. The van der Waals surface area contributed by atoms with Crippen LogP contribution in [0.1, 0.15) is 19.8 Å². The predicted molar refractivity (Wildman–Crippen MR) is 99.0 cm³/mol. The lowest BCUT2D eigenvalue weighted by molar-refractivity contribution is -0.116. The number of carbonyl (C=O) groups excluding carboxylic acids is 1. The second kappa shape index (κ2) is 9.79. The van der Waals surface area contributed by atoms with E-state index >= 15 is 0 Å². The Balaban J connectivity index is 1.81. The first-order chi connectivity index (χ1) is 12.1. The lowest BCUT2D eigenvalue weighted by Gasteiger charge is -2.12. The van der Waals surface area contributed by atoms with Gasteiger partial charge < -0.3 is 19.5 Å². The number of hydrogen-bond acceptors (Lipinski definition) is 4. The Morgan fingerprint density at radius 1 is 1.08 bits per heavy atom. The van der Waals surface area contributed by atoms with E-state index in [0.29, 0.717) is 54.0 Å². The van der Waals surface area contributed by atoms with Gasteiger partial charge in [0.1, 0.15) is 5.75 Å². The van der Waals surface area contributed by atoms with Gasteiger partial charge in [0.25, 0.3) is 0 Å². The Kier molecular flexibility index (Phi) is 7.41. The zero-order valence-corrected chi connectivity index (χ0v) is 15.1. The van der Waals surface area contributed by atoms with Gasteiger partial charge in [-0.15, -0.1) is 0 Å². The van der Waals surface area contributed by atoms with Gasteiger partial charge >= 0.3 is 0 Å². The summed E-state index contributed by atoms with van der Waals surface area (Å²) in [4.78, 5) is 12.1. The maximum atomic E-state index is 12.1. The van der Waals surface area contributed by atoms with Crippen LogP contribution in [0.15, 0.2) is 42.5 Å². The number of carbonyl (C=O) groups is 1. The smallest absolute Gasteiger partial charge is 0.224 e. The van der Waals surface area contributed by atoms with Crippen LogP contribution in [0.5, 0.6) is 17.2 Å². The van der Waals surface area contributed by atoms with Crippen molar-refractivity contribution < 1.29 is 19.0 Å². The maximum absolute atomic E-state index is 12.1. The van der Waals surface area contributed by atoms with Gasteiger partial charge in [-0.2, -0.15) is 0 Å². The van der Waals surface area contributed by atoms with E-state index in [9.17, 15) is 4.79 Å². The molecule has 134 valence electrons. The first kappa shape index (κ1) is 18.9. The van der Waals surface area contributed by atoms with Gasteiger partial charge in [-0.3, -0.25) is 4.79 Å². The Bertz CT molecular complexity index is 706. The van der Waals surface area contributed by atoms with Crippen molar-refractivity contribution in [1.82, 2.24) is 0 Å². The Morgan fingerprint density at radius 3 is 2.48 bits per heavy atom. The minimum atomic E-state index is -0.123. The van der Waals surface area contributed by atoms with Gasteiger partial charge in [0.15, 0.2) is 11.5 Å². The van der Waals surface area contributed by atoms with Crippen LogP contribution >= 0.6 is 11.6 Å². The summed E-state index contributed by atoms with van der Waals surface area (Å²) in [5, 5.41) is 3.34. The van der Waals surface area contributed by atoms with Crippen LogP contribution in [0.4, 0.5) is 5.69 Å². The normalized spacial score (nSPS) is 10.2. The molecule has 0 bridgehead atoms. The monoisotopic (exact) mass is 363 g/mol. The Morgan fingerprint density at radius 2 is 1.80 bits per heavy atom. The molecule has 0 aliphatic heterocycles. The summed E-state index contributed by atoms with van der Waals surface area (Å²) in [6, 6.07) is 12.6. The zero-order valence-electron chi connectivity index (χ0n) is 14.4. The molecule has 0 unspecified atom stereocenters. The van der Waals surface area contributed by atoms with Crippen molar-refractivity contribution in [2.24, 2.45) is 0 Å². The molecule has 1 amide bonds. The van der Waals surface area contributed by atoms with Crippen LogP contribution in [0.3, 0.4) is 0 Å². The molecule has 0 aliphatic carbocycles. The zero-order chi connectivity index (χ0) is 18.1. The molecule has 2 rings (SSSR count). The molecule has 0 aliphatic rings. The molecule has 6 heteroatoms. The fourth-order valence-electron chi connectivity index (χ4n) is 2.25. The van der Waals surface area contributed by atoms with Crippen LogP contribution in [0, 0.1) is 0 Å². The van der Waals surface area contributed by atoms with E-state index in [1.54, 1.807) is 25.3 Å². The van der Waals surface area contributed by atoms with E-state index in [1.165, 1.54) is 0 Å². The fourth-order valence-corrected chi connectivity index (χ4v) is 2.42. The summed E-state index contributed by atoms with van der Waals surface area (Å²) in [6.45, 7) is 2.92. The lowest BCUT2D eigenvalue weighted by Crippen LogP contribution is -2.13. The van der Waals surface area contributed by atoms with Crippen molar-refractivity contribution in [2.45, 2.75) is 19.8 Å². The summed E-state index contributed by atoms with van der Waals surface area (Å²) >= 11 is 5.95. The summed E-state index contributed by atoms with van der Waals surface area (Å²) < 4.78 is 16.4. The number of para-hydroxylation sites is 2. The molecule has 0 saturated heterocycles. The number of halogens is 1. The van der Waals surface area contributed by atoms with Crippen LogP contribution in [-0.2, 0) is 4.79 Å². The molecule has 0 saturated carbocycles. The number of methoxy groups -OCH3 is 1. The largest absolute Gasteiger partial charge is 0.495 e. The first-order valence-electron chi connectivity index (χ1n) is 8.12. The molecular formula is C19H22ClNO4. The van der Waals surface area contributed by atoms with Crippen LogP contribution in [0.25, 0.3) is 0 Å². The number of anilines is 1. The van der Waals surface area contributed by atoms with Crippen molar-refractivity contribution >= 4 is 23.2 Å². The minimum absolute atomic E-state index is 0.123. The molecule has 0 aromatic heterocycles. The molecule has 0 spiro atoms. The van der Waals surface area contributed by atoms with Crippen molar-refractivity contribution in [2.75, 3.05) is 25.6 Å². The third kappa shape index (κ3) is 5.87. The molecule has 2 aromatic rings. The first-order valence-corrected chi connectivity index (χ1v) is 8.50. The molecule has 5 nitrogen and oxygen atoms in total. The van der Waals surface area contributed by atoms with Gasteiger partial charge in [0.05, 0.1) is 26.0 Å². The number of ether oxygens (including phenoxy) is 3. The van der Waals surface area contributed by atoms with Gasteiger partial charge in [-0.05, 0) is 43.7 Å². The van der Waals surface area contributed by atoms with Gasteiger partial charge in [0.2, 0.25) is 5.91 Å². The van der Waals surface area contributed by atoms with E-state index in [0.717, 1.165) is 0 Å². The highest BCUT2D eigenvalue weighted by molar-refractivity contribution is 6.31. The highest BCUT2D eigenvalue weighted by Gasteiger charge is 2.09. The second-order valence-corrected chi connectivity index (χ2v) is 5.66. The van der Waals surface area contributed by atoms with E-state index in [1.807, 2.05) is 31.2 Å². The maximum Gasteiger partial charge on any atom is 0.224 e. The van der Waals surface area contributed by atoms with E-state index in [-0.39, 0.29) is 5.91 Å². The molecular weight excluding hydrogens is 342 g/mol. The molecule has 25 heavy (non-hydrogen) atoms. The average Bonchev–Trinajstić information content (AvgIpc) is 2.60. The van der Waals surface area contributed by atoms with Crippen molar-refractivity contribution in [3.63, 3.8) is 0 Å². The van der Waals surface area contributed by atoms with Crippen LogP contribution in [-0.4, -0.2) is 26.2 Å². The third-order valence-corrected chi connectivity index (χ3v) is 3.63. The van der Waals surface area contributed by atoms with Crippen LogP contribution < -0.4 is 19.5 Å². The van der Waals surface area contributed by atoms with E-state index in [2.05, 4.69) is 5.32 Å². The molecule has 2 aromatic carbocycles. The minimum Gasteiger partial charge on any atom is -0.495 e. The van der Waals surface area contributed by atoms with Crippen molar-refractivity contribution in [3.8, 4) is 17.2 Å². The number of amides is 1. The van der Waals surface area contributed by atoms with Crippen LogP contribution in [0.2, 0.25) is 5.02 Å². The highest BCUT2D eigenvalue weighted by Crippen LogP contribution is 2.28. The van der Waals surface area contributed by atoms with Crippen molar-refractivity contribution in [1.29, 1.82) is 0 Å². The lowest BCUT2D eigenvalue weighted by atomic mass is 10.2. The van der Waals surface area contributed by atoms with Crippen molar-refractivity contribution in [3.05, 3.63) is 47.5 Å². The average molecular weight is 364 g/mol. The van der Waals surface area contributed by atoms with Gasteiger partial charge in [-0.1, -0.05) is 23.7 Å². The molecule has 0 heterocycles. The SMILES string of the molecule is CCOc1ccccc1OCCCC(=O)Nc1cc(Cl)ccc1OC. The summed E-state index contributed by atoms with van der Waals surface area (Å²) in [5.74, 6) is 1.83. The number of nitrogens with one attached hydrogen (secondary N) is 1. The standard InChI is InChI=1S/C19H22ClNO4/c1-3-24-17-7-4-5-8-18(17)25-12-6-9-19(22)21-15-13-14(20)10-11-16(15)23-2/h4-5,7-8,10-11,13H,3,6,9,12H2,1-2H3,(H,21,22). The molecule has 0 atom stereocenters. The summed E-state index contributed by atoms with van der Waals surface area (Å²) in [7, 11) is 1.54. The molecule has 1 N–H and O–H groups in total. The topological polar surface area (TPSA) is 56.8 Å². The highest BCUT2D eigenvalue weighted by atomic mass is 35.5. The Labute approximate surface area is 152 Å².